The first-order valence-electron chi connectivity index (χ1n) is 5.69. The van der Waals surface area contributed by atoms with Crippen molar-refractivity contribution in [2.45, 2.75) is 25.7 Å². The molecule has 1 aliphatic rings. The summed E-state index contributed by atoms with van der Waals surface area (Å²) in [5.74, 6) is 0.520. The van der Waals surface area contributed by atoms with Gasteiger partial charge < -0.3 is 14.7 Å². The molecule has 0 aromatic carbocycles. The molecule has 84 valence electrons. The second kappa shape index (κ2) is 7.21. The van der Waals surface area contributed by atoms with Crippen LogP contribution in [0, 0.1) is 5.92 Å². The van der Waals surface area contributed by atoms with Crippen LogP contribution in [0.25, 0.3) is 0 Å². The molecule has 0 aromatic heterocycles. The molecule has 1 saturated heterocycles. The Morgan fingerprint density at radius 3 is 3.00 bits per heavy atom. The molecule has 1 heterocycles. The van der Waals surface area contributed by atoms with Crippen LogP contribution in [0.5, 0.6) is 0 Å². The van der Waals surface area contributed by atoms with Gasteiger partial charge >= 0.3 is 0 Å². The molecule has 14 heavy (non-hydrogen) atoms. The lowest BCUT2D eigenvalue weighted by Crippen LogP contribution is -2.37. The van der Waals surface area contributed by atoms with Gasteiger partial charge in [0.15, 0.2) is 0 Å². The molecular weight excluding hydrogens is 178 g/mol. The zero-order valence-electron chi connectivity index (χ0n) is 9.24. The first-order chi connectivity index (χ1) is 6.86. The fourth-order valence-corrected chi connectivity index (χ4v) is 2.09. The summed E-state index contributed by atoms with van der Waals surface area (Å²) in [6.07, 6.45) is 4.81. The van der Waals surface area contributed by atoms with E-state index in [1.165, 1.54) is 32.4 Å². The molecule has 1 atom stereocenters. The molecule has 0 aliphatic carbocycles. The number of hydrogen-bond acceptors (Lipinski definition) is 3. The Hall–Kier alpha value is -0.120. The third-order valence-electron chi connectivity index (χ3n) is 2.93. The Bertz CT molecular complexity index is 141. The van der Waals surface area contributed by atoms with Crippen LogP contribution in [0.4, 0.5) is 0 Å². The molecule has 0 aromatic rings. The third-order valence-corrected chi connectivity index (χ3v) is 2.93. The van der Waals surface area contributed by atoms with Crippen LogP contribution in [0.15, 0.2) is 0 Å². The van der Waals surface area contributed by atoms with Gasteiger partial charge in [-0.3, -0.25) is 0 Å². The topological polar surface area (TPSA) is 32.7 Å². The van der Waals surface area contributed by atoms with Gasteiger partial charge in [-0.1, -0.05) is 0 Å². The summed E-state index contributed by atoms with van der Waals surface area (Å²) >= 11 is 0. The molecular formula is C11H23NO2. The van der Waals surface area contributed by atoms with Crippen molar-refractivity contribution in [1.82, 2.24) is 4.90 Å². The third kappa shape index (κ3) is 4.40. The van der Waals surface area contributed by atoms with Gasteiger partial charge in [-0.25, -0.2) is 0 Å². The molecule has 0 radical (unpaired) electrons. The fraction of sp³-hybridized carbons (Fsp3) is 1.00. The van der Waals surface area contributed by atoms with Gasteiger partial charge in [-0.05, 0) is 44.7 Å². The number of likely N-dealkylation sites (tertiary alicyclic amines) is 1. The van der Waals surface area contributed by atoms with Crippen LogP contribution >= 0.6 is 0 Å². The minimum absolute atomic E-state index is 0.356. The molecule has 1 fully saturated rings. The van der Waals surface area contributed by atoms with Crippen LogP contribution in [0.1, 0.15) is 25.7 Å². The highest BCUT2D eigenvalue weighted by Gasteiger charge is 2.18. The Morgan fingerprint density at radius 2 is 2.29 bits per heavy atom. The highest BCUT2D eigenvalue weighted by Crippen LogP contribution is 2.15. The molecule has 1 aliphatic heterocycles. The highest BCUT2D eigenvalue weighted by atomic mass is 16.5. The van der Waals surface area contributed by atoms with Crippen molar-refractivity contribution in [2.75, 3.05) is 40.0 Å². The summed E-state index contributed by atoms with van der Waals surface area (Å²) in [6.45, 7) is 4.69. The van der Waals surface area contributed by atoms with Gasteiger partial charge in [-0.2, -0.15) is 0 Å². The molecule has 0 saturated carbocycles. The monoisotopic (exact) mass is 201 g/mol. The number of hydrogen-bond donors (Lipinski definition) is 1. The quantitative estimate of drug-likeness (QED) is 0.654. The predicted octanol–water partition coefficient (Wildman–Crippen LogP) is 1.12. The minimum Gasteiger partial charge on any atom is -0.396 e. The van der Waals surface area contributed by atoms with Crippen molar-refractivity contribution in [1.29, 1.82) is 0 Å². The van der Waals surface area contributed by atoms with Crippen molar-refractivity contribution in [3.8, 4) is 0 Å². The maximum atomic E-state index is 9.07. The van der Waals surface area contributed by atoms with Crippen molar-refractivity contribution in [3.63, 3.8) is 0 Å². The van der Waals surface area contributed by atoms with Gasteiger partial charge in [0, 0.05) is 26.9 Å². The van der Waals surface area contributed by atoms with Crippen molar-refractivity contribution < 1.29 is 9.84 Å². The smallest absolute Gasteiger partial charge is 0.0471 e. The van der Waals surface area contributed by atoms with Crippen LogP contribution in [0.3, 0.4) is 0 Å². The lowest BCUT2D eigenvalue weighted by Gasteiger charge is -2.31. The molecule has 0 spiro atoms. The number of methoxy groups -OCH3 is 1. The summed E-state index contributed by atoms with van der Waals surface area (Å²) < 4.78 is 5.02. The molecule has 1 rings (SSSR count). The SMILES string of the molecule is COCCCCN1CCCC(CO)C1. The van der Waals surface area contributed by atoms with Gasteiger partial charge in [0.2, 0.25) is 0 Å². The number of unbranched alkanes of at least 4 members (excludes halogenated alkanes) is 1. The van der Waals surface area contributed by atoms with Gasteiger partial charge in [-0.15, -0.1) is 0 Å². The lowest BCUT2D eigenvalue weighted by atomic mass is 9.99. The van der Waals surface area contributed by atoms with E-state index in [0.29, 0.717) is 12.5 Å². The zero-order valence-corrected chi connectivity index (χ0v) is 9.24. The molecule has 3 nitrogen and oxygen atoms in total. The molecule has 0 bridgehead atoms. The second-order valence-corrected chi connectivity index (χ2v) is 4.19. The van der Waals surface area contributed by atoms with Gasteiger partial charge in [0.25, 0.3) is 0 Å². The first-order valence-corrected chi connectivity index (χ1v) is 5.69. The normalized spacial score (nSPS) is 24.0. The van der Waals surface area contributed by atoms with E-state index in [2.05, 4.69) is 4.90 Å². The molecule has 0 amide bonds. The molecule has 3 heteroatoms. The summed E-state index contributed by atoms with van der Waals surface area (Å²) in [7, 11) is 1.75. The Kier molecular flexibility index (Phi) is 6.15. The Labute approximate surface area is 87.1 Å². The number of ether oxygens (including phenoxy) is 1. The maximum Gasteiger partial charge on any atom is 0.0471 e. The van der Waals surface area contributed by atoms with Gasteiger partial charge in [0.1, 0.15) is 0 Å². The van der Waals surface area contributed by atoms with E-state index in [1.54, 1.807) is 7.11 Å². The standard InChI is InChI=1S/C11H23NO2/c1-14-8-3-2-6-12-7-4-5-11(9-12)10-13/h11,13H,2-10H2,1H3. The van der Waals surface area contributed by atoms with Crippen LogP contribution in [0.2, 0.25) is 0 Å². The molecule has 1 unspecified atom stereocenters. The largest absolute Gasteiger partial charge is 0.396 e. The average molecular weight is 201 g/mol. The first kappa shape index (κ1) is 12.0. The van der Waals surface area contributed by atoms with Crippen molar-refractivity contribution in [3.05, 3.63) is 0 Å². The van der Waals surface area contributed by atoms with Gasteiger partial charge in [0.05, 0.1) is 0 Å². The number of rotatable bonds is 6. The molecule has 1 N–H and O–H groups in total. The Balaban J connectivity index is 2.05. The van der Waals surface area contributed by atoms with E-state index in [1.807, 2.05) is 0 Å². The van der Waals surface area contributed by atoms with Crippen molar-refractivity contribution >= 4 is 0 Å². The summed E-state index contributed by atoms with van der Waals surface area (Å²) in [6, 6.07) is 0. The van der Waals surface area contributed by atoms with E-state index in [0.717, 1.165) is 19.6 Å². The lowest BCUT2D eigenvalue weighted by molar-refractivity contribution is 0.115. The summed E-state index contributed by atoms with van der Waals surface area (Å²) in [5.41, 5.74) is 0. The van der Waals surface area contributed by atoms with Crippen molar-refractivity contribution in [2.24, 2.45) is 5.92 Å². The van der Waals surface area contributed by atoms with E-state index in [4.69, 9.17) is 9.84 Å². The summed E-state index contributed by atoms with van der Waals surface area (Å²) in [4.78, 5) is 2.47. The number of aliphatic hydroxyl groups excluding tert-OH is 1. The average Bonchev–Trinajstić information content (AvgIpc) is 2.25. The van der Waals surface area contributed by atoms with E-state index >= 15 is 0 Å². The number of nitrogens with zero attached hydrogens (tertiary/aromatic N) is 1. The highest BCUT2D eigenvalue weighted by molar-refractivity contribution is 4.71. The number of aliphatic hydroxyl groups is 1. The Morgan fingerprint density at radius 1 is 1.43 bits per heavy atom. The maximum absolute atomic E-state index is 9.07. The van der Waals surface area contributed by atoms with Crippen LogP contribution in [-0.2, 0) is 4.74 Å². The second-order valence-electron chi connectivity index (χ2n) is 4.19. The zero-order chi connectivity index (χ0) is 10.2. The van der Waals surface area contributed by atoms with Crippen LogP contribution in [-0.4, -0.2) is 50.0 Å². The van der Waals surface area contributed by atoms with E-state index in [-0.39, 0.29) is 0 Å². The predicted molar refractivity (Wildman–Crippen MR) is 57.4 cm³/mol. The minimum atomic E-state index is 0.356. The summed E-state index contributed by atoms with van der Waals surface area (Å²) in [5, 5.41) is 9.07. The van der Waals surface area contributed by atoms with Crippen LogP contribution < -0.4 is 0 Å². The fourth-order valence-electron chi connectivity index (χ4n) is 2.09. The van der Waals surface area contributed by atoms with E-state index < -0.39 is 0 Å². The van der Waals surface area contributed by atoms with E-state index in [9.17, 15) is 0 Å². The number of piperidine rings is 1.